The van der Waals surface area contributed by atoms with Gasteiger partial charge < -0.3 is 19.6 Å². The van der Waals surface area contributed by atoms with E-state index in [1.54, 1.807) is 11.1 Å². The Labute approximate surface area is 171 Å². The van der Waals surface area contributed by atoms with Crippen LogP contribution in [0.4, 0.5) is 11.4 Å². The first kappa shape index (κ1) is 19.2. The second-order valence-electron chi connectivity index (χ2n) is 7.65. The second kappa shape index (κ2) is 8.51. The summed E-state index contributed by atoms with van der Waals surface area (Å²) in [7, 11) is 0. The monoisotopic (exact) mass is 393 g/mol. The molecule has 2 amide bonds. The summed E-state index contributed by atoms with van der Waals surface area (Å²) in [6.45, 7) is 8.16. The summed E-state index contributed by atoms with van der Waals surface area (Å²) in [5, 5.41) is 0. The Hall–Kier alpha value is -3.09. The highest BCUT2D eigenvalue weighted by atomic mass is 16.2. The summed E-state index contributed by atoms with van der Waals surface area (Å²) in [6.07, 6.45) is 2.67. The van der Waals surface area contributed by atoms with Gasteiger partial charge in [-0.2, -0.15) is 0 Å². The fraction of sp³-hybridized carbons (Fsp3) is 0.409. The molecule has 7 heteroatoms. The Kier molecular flexibility index (Phi) is 5.64. The smallest absolute Gasteiger partial charge is 0.272 e. The van der Waals surface area contributed by atoms with Gasteiger partial charge >= 0.3 is 0 Å². The SMILES string of the molecule is Cc1cccc(N2CCN(C(=O)c3ccc(N4CCN(C=O)CC4)cn3)CC2)c1. The van der Waals surface area contributed by atoms with Gasteiger partial charge in [-0.05, 0) is 36.8 Å². The zero-order valence-corrected chi connectivity index (χ0v) is 16.8. The van der Waals surface area contributed by atoms with Crippen LogP contribution in [-0.2, 0) is 4.79 Å². The van der Waals surface area contributed by atoms with E-state index in [1.165, 1.54) is 11.3 Å². The lowest BCUT2D eigenvalue weighted by atomic mass is 10.2. The van der Waals surface area contributed by atoms with Crippen molar-refractivity contribution < 1.29 is 9.59 Å². The highest BCUT2D eigenvalue weighted by Gasteiger charge is 2.23. The molecule has 0 bridgehead atoms. The Morgan fingerprint density at radius 3 is 2.21 bits per heavy atom. The van der Waals surface area contributed by atoms with Crippen molar-refractivity contribution in [1.29, 1.82) is 0 Å². The molecule has 1 aromatic heterocycles. The zero-order chi connectivity index (χ0) is 20.2. The maximum atomic E-state index is 12.9. The molecule has 152 valence electrons. The number of carbonyl (C=O) groups excluding carboxylic acids is 2. The molecule has 0 N–H and O–H groups in total. The van der Waals surface area contributed by atoms with Crippen molar-refractivity contribution in [3.8, 4) is 0 Å². The van der Waals surface area contributed by atoms with Crippen LogP contribution < -0.4 is 9.80 Å². The van der Waals surface area contributed by atoms with Crippen LogP contribution in [0.15, 0.2) is 42.6 Å². The number of benzene rings is 1. The van der Waals surface area contributed by atoms with E-state index in [0.29, 0.717) is 18.8 Å². The molecule has 0 atom stereocenters. The molecule has 2 aliphatic heterocycles. The van der Waals surface area contributed by atoms with Crippen molar-refractivity contribution in [1.82, 2.24) is 14.8 Å². The van der Waals surface area contributed by atoms with Crippen molar-refractivity contribution >= 4 is 23.7 Å². The largest absolute Gasteiger partial charge is 0.368 e. The van der Waals surface area contributed by atoms with Crippen molar-refractivity contribution in [3.63, 3.8) is 0 Å². The summed E-state index contributed by atoms with van der Waals surface area (Å²) >= 11 is 0. The summed E-state index contributed by atoms with van der Waals surface area (Å²) < 4.78 is 0. The van der Waals surface area contributed by atoms with E-state index in [0.717, 1.165) is 51.4 Å². The first-order valence-electron chi connectivity index (χ1n) is 10.2. The molecule has 1 aromatic carbocycles. The van der Waals surface area contributed by atoms with Crippen LogP contribution in [0.2, 0.25) is 0 Å². The van der Waals surface area contributed by atoms with Crippen molar-refractivity contribution in [2.75, 3.05) is 62.2 Å². The van der Waals surface area contributed by atoms with Crippen molar-refractivity contribution in [3.05, 3.63) is 53.9 Å². The molecule has 7 nitrogen and oxygen atoms in total. The van der Waals surface area contributed by atoms with E-state index < -0.39 is 0 Å². The van der Waals surface area contributed by atoms with E-state index >= 15 is 0 Å². The van der Waals surface area contributed by atoms with Crippen LogP contribution in [0.1, 0.15) is 16.1 Å². The first-order valence-corrected chi connectivity index (χ1v) is 10.2. The van der Waals surface area contributed by atoms with Gasteiger partial charge in [0.25, 0.3) is 5.91 Å². The predicted molar refractivity (Wildman–Crippen MR) is 113 cm³/mol. The topological polar surface area (TPSA) is 60.0 Å². The van der Waals surface area contributed by atoms with Crippen LogP contribution in [0.3, 0.4) is 0 Å². The fourth-order valence-corrected chi connectivity index (χ4v) is 3.94. The Bertz CT molecular complexity index is 854. The number of hydrogen-bond acceptors (Lipinski definition) is 5. The number of anilines is 2. The molecule has 2 saturated heterocycles. The molecule has 2 fully saturated rings. The molecular formula is C22H27N5O2. The minimum atomic E-state index is -0.00813. The number of aromatic nitrogens is 1. The number of hydrogen-bond donors (Lipinski definition) is 0. The molecular weight excluding hydrogens is 366 g/mol. The lowest BCUT2D eigenvalue weighted by Crippen LogP contribution is -2.49. The number of nitrogens with zero attached hydrogens (tertiary/aromatic N) is 5. The molecule has 0 aliphatic carbocycles. The average molecular weight is 393 g/mol. The third kappa shape index (κ3) is 4.34. The van der Waals surface area contributed by atoms with E-state index in [4.69, 9.17) is 0 Å². The Morgan fingerprint density at radius 1 is 0.897 bits per heavy atom. The summed E-state index contributed by atoms with van der Waals surface area (Å²) in [6, 6.07) is 12.3. The van der Waals surface area contributed by atoms with Gasteiger partial charge in [0.2, 0.25) is 6.41 Å². The predicted octanol–water partition coefficient (Wildman–Crippen LogP) is 1.63. The van der Waals surface area contributed by atoms with Gasteiger partial charge in [0, 0.05) is 58.0 Å². The van der Waals surface area contributed by atoms with Crippen LogP contribution in [0.25, 0.3) is 0 Å². The Morgan fingerprint density at radius 2 is 1.59 bits per heavy atom. The summed E-state index contributed by atoms with van der Waals surface area (Å²) in [4.78, 5) is 36.3. The highest BCUT2D eigenvalue weighted by molar-refractivity contribution is 5.92. The maximum Gasteiger partial charge on any atom is 0.272 e. The van der Waals surface area contributed by atoms with E-state index in [9.17, 15) is 9.59 Å². The van der Waals surface area contributed by atoms with Gasteiger partial charge in [0.15, 0.2) is 0 Å². The standard InChI is InChI=1S/C22H27N5O2/c1-18-3-2-4-19(15-18)25-11-13-27(14-12-25)22(29)21-6-5-20(16-23-21)26-9-7-24(17-28)8-10-26/h2-6,15-17H,7-14H2,1H3. The zero-order valence-electron chi connectivity index (χ0n) is 16.8. The van der Waals surface area contributed by atoms with Crippen molar-refractivity contribution in [2.24, 2.45) is 0 Å². The van der Waals surface area contributed by atoms with Gasteiger partial charge in [0.1, 0.15) is 5.69 Å². The third-order valence-electron chi connectivity index (χ3n) is 5.73. The summed E-state index contributed by atoms with van der Waals surface area (Å²) in [5.74, 6) is -0.00813. The highest BCUT2D eigenvalue weighted by Crippen LogP contribution is 2.19. The lowest BCUT2D eigenvalue weighted by Gasteiger charge is -2.36. The molecule has 2 aliphatic rings. The Balaban J connectivity index is 1.34. The molecule has 4 rings (SSSR count). The minimum absolute atomic E-state index is 0.00813. The molecule has 2 aromatic rings. The molecule has 3 heterocycles. The molecule has 0 unspecified atom stereocenters. The van der Waals surface area contributed by atoms with Gasteiger partial charge in [-0.15, -0.1) is 0 Å². The van der Waals surface area contributed by atoms with Crippen LogP contribution in [0, 0.1) is 6.92 Å². The molecule has 0 spiro atoms. The molecule has 0 radical (unpaired) electrons. The quantitative estimate of drug-likeness (QED) is 0.739. The maximum absolute atomic E-state index is 12.9. The number of carbonyl (C=O) groups is 2. The first-order chi connectivity index (χ1) is 14.1. The third-order valence-corrected chi connectivity index (χ3v) is 5.73. The number of amides is 2. The summed E-state index contributed by atoms with van der Waals surface area (Å²) in [5.41, 5.74) is 3.95. The number of rotatable bonds is 4. The lowest BCUT2D eigenvalue weighted by molar-refractivity contribution is -0.118. The molecule has 29 heavy (non-hydrogen) atoms. The van der Waals surface area contributed by atoms with E-state index in [2.05, 4.69) is 46.0 Å². The van der Waals surface area contributed by atoms with Crippen LogP contribution in [-0.4, -0.2) is 79.5 Å². The minimum Gasteiger partial charge on any atom is -0.368 e. The fourth-order valence-electron chi connectivity index (χ4n) is 3.94. The number of pyridine rings is 1. The number of aryl methyl sites for hydroxylation is 1. The van der Waals surface area contributed by atoms with Gasteiger partial charge in [0.05, 0.1) is 11.9 Å². The van der Waals surface area contributed by atoms with E-state index in [-0.39, 0.29) is 5.91 Å². The van der Waals surface area contributed by atoms with Gasteiger partial charge in [-0.1, -0.05) is 12.1 Å². The van der Waals surface area contributed by atoms with E-state index in [1.807, 2.05) is 17.0 Å². The average Bonchev–Trinajstić information content (AvgIpc) is 2.79. The van der Waals surface area contributed by atoms with Crippen molar-refractivity contribution in [2.45, 2.75) is 6.92 Å². The number of piperazine rings is 2. The van der Waals surface area contributed by atoms with Gasteiger partial charge in [-0.3, -0.25) is 9.59 Å². The normalized spacial score (nSPS) is 17.4. The van der Waals surface area contributed by atoms with Crippen LogP contribution in [0.5, 0.6) is 0 Å². The van der Waals surface area contributed by atoms with Crippen LogP contribution >= 0.6 is 0 Å². The molecule has 0 saturated carbocycles. The van der Waals surface area contributed by atoms with Gasteiger partial charge in [-0.25, -0.2) is 4.98 Å². The second-order valence-corrected chi connectivity index (χ2v) is 7.65.